The normalized spacial score (nSPS) is 10.6. The largest absolute Gasteiger partial charge is 0.489 e. The maximum Gasteiger partial charge on any atom is 0.193 e. The lowest BCUT2D eigenvalue weighted by molar-refractivity contribution is 0.260. The number of halogens is 2. The van der Waals surface area contributed by atoms with Crippen molar-refractivity contribution in [2.24, 2.45) is 0 Å². The van der Waals surface area contributed by atoms with Gasteiger partial charge in [-0.05, 0) is 14.1 Å². The Kier molecular flexibility index (Phi) is 4.38. The summed E-state index contributed by atoms with van der Waals surface area (Å²) in [5, 5.41) is 7.70. The molecule has 0 aliphatic carbocycles. The van der Waals surface area contributed by atoms with Crippen molar-refractivity contribution >= 4 is 23.2 Å². The van der Waals surface area contributed by atoms with E-state index in [1.165, 1.54) is 0 Å². The number of ether oxygens (including phenoxy) is 1. The summed E-state index contributed by atoms with van der Waals surface area (Å²) in [6.45, 7) is 1.34. The van der Waals surface area contributed by atoms with Crippen LogP contribution in [-0.4, -0.2) is 42.3 Å². The zero-order valence-electron chi connectivity index (χ0n) is 8.00. The van der Waals surface area contributed by atoms with Crippen LogP contribution in [-0.2, 0) is 0 Å². The fraction of sp³-hybridized carbons (Fsp3) is 0.500. The Bertz CT molecular complexity index is 307. The van der Waals surface area contributed by atoms with Crippen molar-refractivity contribution in [2.75, 3.05) is 27.2 Å². The van der Waals surface area contributed by atoms with E-state index in [0.717, 1.165) is 6.54 Å². The Morgan fingerprint density at radius 3 is 2.71 bits per heavy atom. The summed E-state index contributed by atoms with van der Waals surface area (Å²) in [5.41, 5.74) is 0. The number of rotatable bonds is 4. The highest BCUT2D eigenvalue weighted by atomic mass is 35.5. The molecule has 1 rings (SSSR count). The highest BCUT2D eigenvalue weighted by molar-refractivity contribution is 6.32. The molecule has 6 heteroatoms. The number of nitrogens with zero attached hydrogens (tertiary/aromatic N) is 3. The molecule has 0 radical (unpaired) electrons. The molecule has 0 atom stereocenters. The second kappa shape index (κ2) is 5.34. The van der Waals surface area contributed by atoms with E-state index >= 15 is 0 Å². The van der Waals surface area contributed by atoms with Gasteiger partial charge in [0.25, 0.3) is 0 Å². The maximum atomic E-state index is 5.74. The van der Waals surface area contributed by atoms with Gasteiger partial charge in [-0.2, -0.15) is 0 Å². The van der Waals surface area contributed by atoms with Crippen LogP contribution in [0.15, 0.2) is 6.07 Å². The van der Waals surface area contributed by atoms with Crippen LogP contribution in [0.25, 0.3) is 0 Å². The average Bonchev–Trinajstić information content (AvgIpc) is 2.10. The Hall–Kier alpha value is -0.580. The second-order valence-corrected chi connectivity index (χ2v) is 3.72. The molecule has 0 saturated carbocycles. The van der Waals surface area contributed by atoms with Gasteiger partial charge < -0.3 is 9.64 Å². The number of likely N-dealkylation sites (N-methyl/N-ethyl adjacent to an activating group) is 1. The average molecular weight is 236 g/mol. The molecule has 0 unspecified atom stereocenters. The first-order valence-electron chi connectivity index (χ1n) is 4.06. The van der Waals surface area contributed by atoms with Gasteiger partial charge in [0, 0.05) is 12.6 Å². The summed E-state index contributed by atoms with van der Waals surface area (Å²) in [4.78, 5) is 2.00. The number of hydrogen-bond donors (Lipinski definition) is 0. The first-order valence-corrected chi connectivity index (χ1v) is 4.81. The van der Waals surface area contributed by atoms with Crippen LogP contribution in [0.4, 0.5) is 0 Å². The molecular formula is C8H11Cl2N3O. The van der Waals surface area contributed by atoms with Crippen LogP contribution in [0.2, 0.25) is 10.3 Å². The van der Waals surface area contributed by atoms with E-state index in [1.807, 2.05) is 19.0 Å². The molecule has 4 nitrogen and oxygen atoms in total. The standard InChI is InChI=1S/C8H11Cl2N3O/c1-13(2)3-4-14-6-5-7(9)11-12-8(6)10/h5H,3-4H2,1-2H3. The quantitative estimate of drug-likeness (QED) is 0.797. The lowest BCUT2D eigenvalue weighted by atomic mass is 10.5. The van der Waals surface area contributed by atoms with Crippen molar-refractivity contribution < 1.29 is 4.74 Å². The third-order valence-corrected chi connectivity index (χ3v) is 1.93. The number of hydrogen-bond acceptors (Lipinski definition) is 4. The summed E-state index contributed by atoms with van der Waals surface area (Å²) >= 11 is 11.4. The zero-order chi connectivity index (χ0) is 10.6. The Morgan fingerprint density at radius 1 is 1.36 bits per heavy atom. The topological polar surface area (TPSA) is 38.2 Å². The van der Waals surface area contributed by atoms with Gasteiger partial charge in [-0.25, -0.2) is 0 Å². The predicted octanol–water partition coefficient (Wildman–Crippen LogP) is 1.72. The molecule has 0 amide bonds. The van der Waals surface area contributed by atoms with Crippen molar-refractivity contribution in [2.45, 2.75) is 0 Å². The molecule has 0 spiro atoms. The minimum Gasteiger partial charge on any atom is -0.489 e. The van der Waals surface area contributed by atoms with Crippen molar-refractivity contribution in [3.63, 3.8) is 0 Å². The molecule has 0 bridgehead atoms. The Balaban J connectivity index is 2.53. The smallest absolute Gasteiger partial charge is 0.193 e. The van der Waals surface area contributed by atoms with Crippen LogP contribution < -0.4 is 4.74 Å². The van der Waals surface area contributed by atoms with Gasteiger partial charge in [0.2, 0.25) is 0 Å². The molecule has 0 aliphatic heterocycles. The van der Waals surface area contributed by atoms with Crippen LogP contribution in [0.3, 0.4) is 0 Å². The summed E-state index contributed by atoms with van der Waals surface area (Å²) in [6.07, 6.45) is 0. The molecule has 78 valence electrons. The van der Waals surface area contributed by atoms with Gasteiger partial charge >= 0.3 is 0 Å². The van der Waals surface area contributed by atoms with Gasteiger partial charge in [0.15, 0.2) is 16.1 Å². The van der Waals surface area contributed by atoms with Gasteiger partial charge in [-0.15, -0.1) is 10.2 Å². The van der Waals surface area contributed by atoms with E-state index in [4.69, 9.17) is 27.9 Å². The summed E-state index contributed by atoms with van der Waals surface area (Å²) < 4.78 is 5.37. The van der Waals surface area contributed by atoms with E-state index in [-0.39, 0.29) is 10.3 Å². The molecule has 14 heavy (non-hydrogen) atoms. The highest BCUT2D eigenvalue weighted by Gasteiger charge is 2.04. The van der Waals surface area contributed by atoms with Crippen LogP contribution >= 0.6 is 23.2 Å². The first-order chi connectivity index (χ1) is 6.59. The van der Waals surface area contributed by atoms with E-state index in [2.05, 4.69) is 10.2 Å². The van der Waals surface area contributed by atoms with Crippen molar-refractivity contribution in [1.82, 2.24) is 15.1 Å². The Labute approximate surface area is 92.8 Å². The van der Waals surface area contributed by atoms with Crippen molar-refractivity contribution in [3.05, 3.63) is 16.4 Å². The monoisotopic (exact) mass is 235 g/mol. The van der Waals surface area contributed by atoms with E-state index in [0.29, 0.717) is 12.4 Å². The minimum absolute atomic E-state index is 0.230. The molecule has 0 saturated heterocycles. The molecule has 1 heterocycles. The van der Waals surface area contributed by atoms with Crippen LogP contribution in [0.1, 0.15) is 0 Å². The highest BCUT2D eigenvalue weighted by Crippen LogP contribution is 2.22. The summed E-state index contributed by atoms with van der Waals surface area (Å²) in [5.74, 6) is 0.466. The maximum absolute atomic E-state index is 5.74. The van der Waals surface area contributed by atoms with E-state index in [9.17, 15) is 0 Å². The summed E-state index contributed by atoms with van der Waals surface area (Å²) in [7, 11) is 3.92. The molecular weight excluding hydrogens is 225 g/mol. The van der Waals surface area contributed by atoms with Gasteiger partial charge in [-0.1, -0.05) is 23.2 Å². The van der Waals surface area contributed by atoms with E-state index in [1.54, 1.807) is 6.07 Å². The minimum atomic E-state index is 0.230. The molecule has 0 aromatic carbocycles. The lowest BCUT2D eigenvalue weighted by Gasteiger charge is -2.11. The van der Waals surface area contributed by atoms with E-state index < -0.39 is 0 Å². The molecule has 0 N–H and O–H groups in total. The van der Waals surface area contributed by atoms with Crippen molar-refractivity contribution in [1.29, 1.82) is 0 Å². The lowest BCUT2D eigenvalue weighted by Crippen LogP contribution is -2.19. The molecule has 0 aliphatic rings. The zero-order valence-corrected chi connectivity index (χ0v) is 9.51. The fourth-order valence-electron chi connectivity index (χ4n) is 0.777. The predicted molar refractivity (Wildman–Crippen MR) is 56.1 cm³/mol. The van der Waals surface area contributed by atoms with Crippen LogP contribution in [0, 0.1) is 0 Å². The first kappa shape index (κ1) is 11.5. The van der Waals surface area contributed by atoms with Gasteiger partial charge in [0.05, 0.1) is 0 Å². The van der Waals surface area contributed by atoms with Crippen molar-refractivity contribution in [3.8, 4) is 5.75 Å². The van der Waals surface area contributed by atoms with Gasteiger partial charge in [-0.3, -0.25) is 0 Å². The third kappa shape index (κ3) is 3.65. The summed E-state index contributed by atoms with van der Waals surface area (Å²) in [6, 6.07) is 1.55. The second-order valence-electron chi connectivity index (χ2n) is 2.97. The SMILES string of the molecule is CN(C)CCOc1cc(Cl)nnc1Cl. The third-order valence-electron chi connectivity index (χ3n) is 1.48. The van der Waals surface area contributed by atoms with Gasteiger partial charge in [0.1, 0.15) is 6.61 Å². The molecule has 1 aromatic rings. The molecule has 1 aromatic heterocycles. The van der Waals surface area contributed by atoms with Crippen LogP contribution in [0.5, 0.6) is 5.75 Å². The Morgan fingerprint density at radius 2 is 2.07 bits per heavy atom. The number of aromatic nitrogens is 2. The fourth-order valence-corrected chi connectivity index (χ4v) is 1.06. The molecule has 0 fully saturated rings.